The molecule has 0 saturated carbocycles. The Morgan fingerprint density at radius 1 is 0.818 bits per heavy atom. The average molecular weight is 467 g/mol. The van der Waals surface area contributed by atoms with Crippen LogP contribution in [0.15, 0.2) is 83.8 Å². The first-order valence-electron chi connectivity index (χ1n) is 11.1. The van der Waals surface area contributed by atoms with Crippen LogP contribution in [-0.2, 0) is 27.7 Å². The minimum atomic E-state index is -3.81. The number of benzene rings is 3. The van der Waals surface area contributed by atoms with Crippen molar-refractivity contribution in [3.8, 4) is 5.75 Å². The van der Waals surface area contributed by atoms with Crippen LogP contribution in [0.4, 0.5) is 5.69 Å². The van der Waals surface area contributed by atoms with E-state index in [-0.39, 0.29) is 17.2 Å². The summed E-state index contributed by atoms with van der Waals surface area (Å²) in [5.41, 5.74) is 2.80. The van der Waals surface area contributed by atoms with Crippen LogP contribution in [0.1, 0.15) is 36.8 Å². The maximum Gasteiger partial charge on any atom is 0.238 e. The lowest BCUT2D eigenvalue weighted by molar-refractivity contribution is -0.116. The smallest absolute Gasteiger partial charge is 0.238 e. The van der Waals surface area contributed by atoms with E-state index < -0.39 is 10.0 Å². The van der Waals surface area contributed by atoms with E-state index in [1.54, 1.807) is 6.07 Å². The maximum absolute atomic E-state index is 12.2. The molecule has 0 aromatic heterocycles. The third kappa shape index (κ3) is 8.71. The van der Waals surface area contributed by atoms with Gasteiger partial charge in [0.05, 0.1) is 11.5 Å². The molecule has 0 unspecified atom stereocenters. The summed E-state index contributed by atoms with van der Waals surface area (Å²) in [6.07, 6.45) is 5.24. The number of unbranched alkanes of at least 4 members (excludes halogenated alkanes) is 2. The van der Waals surface area contributed by atoms with Crippen molar-refractivity contribution in [2.24, 2.45) is 5.14 Å². The number of ether oxygens (including phenoxy) is 1. The number of hydrogen-bond acceptors (Lipinski definition) is 4. The largest absolute Gasteiger partial charge is 0.494 e. The summed E-state index contributed by atoms with van der Waals surface area (Å²) in [5, 5.41) is 7.83. The van der Waals surface area contributed by atoms with Crippen molar-refractivity contribution in [1.82, 2.24) is 0 Å². The van der Waals surface area contributed by atoms with E-state index in [1.807, 2.05) is 30.3 Å². The molecule has 3 N–H and O–H groups in total. The minimum absolute atomic E-state index is 0.0351. The predicted octanol–water partition coefficient (Wildman–Crippen LogP) is 4.70. The molecule has 3 aromatic rings. The van der Waals surface area contributed by atoms with Gasteiger partial charge in [-0.25, -0.2) is 13.6 Å². The first kappa shape index (κ1) is 24.5. The number of anilines is 1. The van der Waals surface area contributed by atoms with Gasteiger partial charge in [0, 0.05) is 12.1 Å². The van der Waals surface area contributed by atoms with E-state index in [1.165, 1.54) is 23.8 Å². The molecule has 6 nitrogen and oxygen atoms in total. The molecule has 0 spiro atoms. The summed E-state index contributed by atoms with van der Waals surface area (Å²) in [6.45, 7) is 0.689. The second-order valence-electron chi connectivity index (χ2n) is 7.91. The van der Waals surface area contributed by atoms with Gasteiger partial charge in [-0.2, -0.15) is 0 Å². The summed E-state index contributed by atoms with van der Waals surface area (Å²) in [5.74, 6) is 0.628. The molecular weight excluding hydrogens is 436 g/mol. The highest BCUT2D eigenvalue weighted by Gasteiger charge is 2.09. The van der Waals surface area contributed by atoms with Gasteiger partial charge in [0.15, 0.2) is 0 Å². The number of hydrogen-bond donors (Lipinski definition) is 2. The summed E-state index contributed by atoms with van der Waals surface area (Å²) in [7, 11) is -3.81. The fraction of sp³-hybridized carbons (Fsp3) is 0.269. The molecule has 3 aromatic carbocycles. The van der Waals surface area contributed by atoms with Crippen molar-refractivity contribution in [1.29, 1.82) is 0 Å². The molecule has 0 saturated heterocycles. The zero-order chi connectivity index (χ0) is 23.5. The van der Waals surface area contributed by atoms with Gasteiger partial charge in [-0.1, -0.05) is 48.5 Å². The van der Waals surface area contributed by atoms with Crippen molar-refractivity contribution in [3.05, 3.63) is 90.0 Å². The van der Waals surface area contributed by atoms with Crippen LogP contribution in [-0.4, -0.2) is 20.9 Å². The van der Waals surface area contributed by atoms with Gasteiger partial charge in [0.2, 0.25) is 15.9 Å². The van der Waals surface area contributed by atoms with Crippen molar-refractivity contribution >= 4 is 21.6 Å². The number of primary sulfonamides is 1. The quantitative estimate of drug-likeness (QED) is 0.378. The normalized spacial score (nSPS) is 11.2. The molecule has 0 atom stereocenters. The van der Waals surface area contributed by atoms with Gasteiger partial charge >= 0.3 is 0 Å². The van der Waals surface area contributed by atoms with E-state index in [0.29, 0.717) is 18.7 Å². The molecule has 3 rings (SSSR count). The second-order valence-corrected chi connectivity index (χ2v) is 9.47. The Labute approximate surface area is 195 Å². The number of aryl methyl sites for hydroxylation is 2. The zero-order valence-corrected chi connectivity index (χ0v) is 19.4. The van der Waals surface area contributed by atoms with Gasteiger partial charge in [0.25, 0.3) is 0 Å². The summed E-state index contributed by atoms with van der Waals surface area (Å²) < 4.78 is 28.7. The van der Waals surface area contributed by atoms with E-state index in [4.69, 9.17) is 9.88 Å². The van der Waals surface area contributed by atoms with Gasteiger partial charge in [-0.3, -0.25) is 4.79 Å². The molecule has 1 amide bonds. The predicted molar refractivity (Wildman–Crippen MR) is 131 cm³/mol. The fourth-order valence-corrected chi connectivity index (χ4v) is 3.99. The van der Waals surface area contributed by atoms with Crippen LogP contribution in [0.3, 0.4) is 0 Å². The molecule has 174 valence electrons. The third-order valence-corrected chi connectivity index (χ3v) is 6.14. The lowest BCUT2D eigenvalue weighted by atomic mass is 10.1. The van der Waals surface area contributed by atoms with Crippen LogP contribution in [0.25, 0.3) is 0 Å². The van der Waals surface area contributed by atoms with Crippen LogP contribution in [0, 0.1) is 0 Å². The summed E-state index contributed by atoms with van der Waals surface area (Å²) in [6, 6.07) is 24.2. The van der Waals surface area contributed by atoms with Crippen molar-refractivity contribution in [2.75, 3.05) is 11.9 Å². The molecule has 0 heterocycles. The second kappa shape index (κ2) is 12.2. The van der Waals surface area contributed by atoms with E-state index in [0.717, 1.165) is 37.0 Å². The van der Waals surface area contributed by atoms with Crippen molar-refractivity contribution < 1.29 is 17.9 Å². The Kier molecular flexibility index (Phi) is 9.04. The number of nitrogens with one attached hydrogen (secondary N) is 1. The highest BCUT2D eigenvalue weighted by atomic mass is 32.2. The number of sulfonamides is 1. The topological polar surface area (TPSA) is 98.5 Å². The molecule has 0 bridgehead atoms. The maximum atomic E-state index is 12.2. The number of rotatable bonds is 12. The van der Waals surface area contributed by atoms with Crippen molar-refractivity contribution in [3.63, 3.8) is 0 Å². The Hall–Kier alpha value is -3.16. The average Bonchev–Trinajstić information content (AvgIpc) is 2.81. The highest BCUT2D eigenvalue weighted by molar-refractivity contribution is 7.89. The summed E-state index contributed by atoms with van der Waals surface area (Å²) >= 11 is 0. The lowest BCUT2D eigenvalue weighted by Gasteiger charge is -2.08. The first-order valence-corrected chi connectivity index (χ1v) is 12.6. The van der Waals surface area contributed by atoms with Gasteiger partial charge < -0.3 is 10.1 Å². The highest BCUT2D eigenvalue weighted by Crippen LogP contribution is 2.17. The standard InChI is InChI=1S/C26H30N2O4S/c27-33(30,31)25-12-7-11-23(20-25)28-26(29)18-15-22-13-16-24(17-14-22)32-19-6-2-5-10-21-8-3-1-4-9-21/h1,3-4,7-9,11-14,16-17,20H,2,5-6,10,15,18-19H2,(H,28,29)(H2,27,30,31). The Bertz CT molecular complexity index is 1130. The SMILES string of the molecule is NS(=O)(=O)c1cccc(NC(=O)CCc2ccc(OCCCCCc3ccccc3)cc2)c1. The lowest BCUT2D eigenvalue weighted by Crippen LogP contribution is -2.15. The fourth-order valence-electron chi connectivity index (χ4n) is 3.43. The molecule has 0 aliphatic carbocycles. The van der Waals surface area contributed by atoms with Crippen molar-refractivity contribution in [2.45, 2.75) is 43.4 Å². The number of carbonyl (C=O) groups is 1. The third-order valence-electron chi connectivity index (χ3n) is 5.23. The Balaban J connectivity index is 1.34. The van der Waals surface area contributed by atoms with E-state index in [2.05, 4.69) is 29.6 Å². The van der Waals surface area contributed by atoms with E-state index >= 15 is 0 Å². The van der Waals surface area contributed by atoms with Gasteiger partial charge in [-0.05, 0) is 73.6 Å². The summed E-state index contributed by atoms with van der Waals surface area (Å²) in [4.78, 5) is 12.2. The first-order chi connectivity index (χ1) is 15.9. The number of amides is 1. The Morgan fingerprint density at radius 2 is 1.55 bits per heavy atom. The zero-order valence-electron chi connectivity index (χ0n) is 18.6. The number of nitrogens with two attached hydrogens (primary N) is 1. The molecule has 0 aliphatic heterocycles. The molecule has 7 heteroatoms. The number of carbonyl (C=O) groups excluding carboxylic acids is 1. The van der Waals surface area contributed by atoms with Crippen LogP contribution in [0.5, 0.6) is 5.75 Å². The minimum Gasteiger partial charge on any atom is -0.494 e. The molecule has 33 heavy (non-hydrogen) atoms. The monoisotopic (exact) mass is 466 g/mol. The molecule has 0 fully saturated rings. The van der Waals surface area contributed by atoms with Gasteiger partial charge in [0.1, 0.15) is 5.75 Å². The molecule has 0 aliphatic rings. The molecule has 0 radical (unpaired) electrons. The Morgan fingerprint density at radius 3 is 2.27 bits per heavy atom. The van der Waals surface area contributed by atoms with Crippen LogP contribution < -0.4 is 15.2 Å². The van der Waals surface area contributed by atoms with Gasteiger partial charge in [-0.15, -0.1) is 0 Å². The van der Waals surface area contributed by atoms with E-state index in [9.17, 15) is 13.2 Å². The molecular formula is C26H30N2O4S. The van der Waals surface area contributed by atoms with Crippen LogP contribution in [0.2, 0.25) is 0 Å². The van der Waals surface area contributed by atoms with Crippen LogP contribution >= 0.6 is 0 Å².